The van der Waals surface area contributed by atoms with Crippen LogP contribution < -0.4 is 24.8 Å². The number of anilines is 2. The zero-order valence-corrected chi connectivity index (χ0v) is 19.3. The Bertz CT molecular complexity index is 975. The van der Waals surface area contributed by atoms with Crippen molar-refractivity contribution < 1.29 is 19.0 Å². The van der Waals surface area contributed by atoms with E-state index in [1.807, 2.05) is 78.9 Å². The van der Waals surface area contributed by atoms with Crippen molar-refractivity contribution in [3.8, 4) is 17.2 Å². The van der Waals surface area contributed by atoms with E-state index in [0.717, 1.165) is 23.6 Å². The zero-order valence-electron chi connectivity index (χ0n) is 19.3. The smallest absolute Gasteiger partial charge is 0.243 e. The van der Waals surface area contributed by atoms with E-state index >= 15 is 0 Å². The standard InChI is InChI=1S/C27H32N2O4/c1-21(2)16-17-31-24-14-12-22(13-15-24)28-20-27(30)29-25-10-6-7-11-26(25)33-19-18-32-23-8-4-3-5-9-23/h3-15,21,28H,16-20H2,1-2H3,(H,29,30). The Morgan fingerprint density at radius 2 is 1.39 bits per heavy atom. The molecule has 0 bridgehead atoms. The summed E-state index contributed by atoms with van der Waals surface area (Å²) in [6.07, 6.45) is 1.02. The quantitative estimate of drug-likeness (QED) is 0.332. The van der Waals surface area contributed by atoms with Gasteiger partial charge in [0, 0.05) is 5.69 Å². The van der Waals surface area contributed by atoms with Gasteiger partial charge in [0.1, 0.15) is 30.5 Å². The highest BCUT2D eigenvalue weighted by atomic mass is 16.5. The molecule has 0 aliphatic rings. The number of hydrogen-bond acceptors (Lipinski definition) is 5. The van der Waals surface area contributed by atoms with Crippen LogP contribution in [-0.2, 0) is 4.79 Å². The second-order valence-corrected chi connectivity index (χ2v) is 7.96. The van der Waals surface area contributed by atoms with E-state index in [0.29, 0.717) is 37.2 Å². The first kappa shape index (κ1) is 24.0. The van der Waals surface area contributed by atoms with E-state index in [1.54, 1.807) is 0 Å². The molecule has 2 N–H and O–H groups in total. The number of rotatable bonds is 13. The minimum Gasteiger partial charge on any atom is -0.494 e. The van der Waals surface area contributed by atoms with Gasteiger partial charge in [-0.15, -0.1) is 0 Å². The maximum Gasteiger partial charge on any atom is 0.243 e. The molecule has 174 valence electrons. The van der Waals surface area contributed by atoms with Crippen LogP contribution in [0.1, 0.15) is 20.3 Å². The lowest BCUT2D eigenvalue weighted by Gasteiger charge is -2.14. The molecule has 0 aromatic heterocycles. The maximum absolute atomic E-state index is 12.4. The molecule has 3 rings (SSSR count). The number of para-hydroxylation sites is 3. The van der Waals surface area contributed by atoms with Crippen molar-refractivity contribution in [3.63, 3.8) is 0 Å². The van der Waals surface area contributed by atoms with Gasteiger partial charge >= 0.3 is 0 Å². The van der Waals surface area contributed by atoms with E-state index in [9.17, 15) is 4.79 Å². The number of amides is 1. The first-order chi connectivity index (χ1) is 16.1. The Kier molecular flexibility index (Phi) is 9.45. The van der Waals surface area contributed by atoms with E-state index in [4.69, 9.17) is 14.2 Å². The second kappa shape index (κ2) is 13.0. The van der Waals surface area contributed by atoms with Crippen molar-refractivity contribution in [2.75, 3.05) is 37.0 Å². The number of benzene rings is 3. The molecule has 0 aliphatic carbocycles. The van der Waals surface area contributed by atoms with Crippen molar-refractivity contribution in [2.45, 2.75) is 20.3 Å². The van der Waals surface area contributed by atoms with Crippen LogP contribution in [0.2, 0.25) is 0 Å². The minimum atomic E-state index is -0.163. The van der Waals surface area contributed by atoms with E-state index < -0.39 is 0 Å². The summed E-state index contributed by atoms with van der Waals surface area (Å²) >= 11 is 0. The second-order valence-electron chi connectivity index (χ2n) is 7.96. The van der Waals surface area contributed by atoms with Crippen molar-refractivity contribution in [2.24, 2.45) is 5.92 Å². The molecular weight excluding hydrogens is 416 g/mol. The summed E-state index contributed by atoms with van der Waals surface area (Å²) in [4.78, 5) is 12.4. The summed E-state index contributed by atoms with van der Waals surface area (Å²) in [6.45, 7) is 5.96. The van der Waals surface area contributed by atoms with Crippen LogP contribution in [0, 0.1) is 5.92 Å². The van der Waals surface area contributed by atoms with Crippen LogP contribution >= 0.6 is 0 Å². The molecule has 0 spiro atoms. The van der Waals surface area contributed by atoms with Crippen LogP contribution in [0.25, 0.3) is 0 Å². The number of hydrogen-bond donors (Lipinski definition) is 2. The summed E-state index contributed by atoms with van der Waals surface area (Å²) in [7, 11) is 0. The number of carbonyl (C=O) groups excluding carboxylic acids is 1. The highest BCUT2D eigenvalue weighted by molar-refractivity contribution is 5.95. The minimum absolute atomic E-state index is 0.138. The first-order valence-electron chi connectivity index (χ1n) is 11.3. The van der Waals surface area contributed by atoms with Gasteiger partial charge in [-0.2, -0.15) is 0 Å². The molecule has 3 aromatic carbocycles. The van der Waals surface area contributed by atoms with Gasteiger partial charge in [0.25, 0.3) is 0 Å². The molecule has 0 atom stereocenters. The Morgan fingerprint density at radius 1 is 0.758 bits per heavy atom. The van der Waals surface area contributed by atoms with Gasteiger partial charge in [-0.1, -0.05) is 44.2 Å². The van der Waals surface area contributed by atoms with Gasteiger partial charge in [-0.25, -0.2) is 0 Å². The van der Waals surface area contributed by atoms with Gasteiger partial charge in [0.2, 0.25) is 5.91 Å². The Labute approximate surface area is 195 Å². The fourth-order valence-corrected chi connectivity index (χ4v) is 2.98. The molecule has 6 heteroatoms. The van der Waals surface area contributed by atoms with E-state index in [2.05, 4.69) is 24.5 Å². The Balaban J connectivity index is 1.41. The Morgan fingerprint density at radius 3 is 2.15 bits per heavy atom. The highest BCUT2D eigenvalue weighted by Gasteiger charge is 2.08. The lowest BCUT2D eigenvalue weighted by Crippen LogP contribution is -2.22. The van der Waals surface area contributed by atoms with E-state index in [-0.39, 0.29) is 12.5 Å². The lowest BCUT2D eigenvalue weighted by atomic mass is 10.1. The van der Waals surface area contributed by atoms with Gasteiger partial charge in [0.05, 0.1) is 18.8 Å². The molecule has 33 heavy (non-hydrogen) atoms. The molecule has 0 saturated carbocycles. The van der Waals surface area contributed by atoms with Gasteiger partial charge in [-0.3, -0.25) is 4.79 Å². The molecule has 0 saturated heterocycles. The molecule has 1 amide bonds. The topological polar surface area (TPSA) is 68.8 Å². The molecular formula is C27H32N2O4. The Hall–Kier alpha value is -3.67. The average molecular weight is 449 g/mol. The van der Waals surface area contributed by atoms with Crippen molar-refractivity contribution in [1.29, 1.82) is 0 Å². The first-order valence-corrected chi connectivity index (χ1v) is 11.3. The molecule has 0 fully saturated rings. The predicted octanol–water partition coefficient (Wildman–Crippen LogP) is 5.62. The summed E-state index contributed by atoms with van der Waals surface area (Å²) in [5.41, 5.74) is 1.47. The molecule has 0 unspecified atom stereocenters. The van der Waals surface area contributed by atoms with Gasteiger partial charge in [0.15, 0.2) is 0 Å². The number of carbonyl (C=O) groups is 1. The maximum atomic E-state index is 12.4. The molecule has 3 aromatic rings. The lowest BCUT2D eigenvalue weighted by molar-refractivity contribution is -0.114. The van der Waals surface area contributed by atoms with Crippen LogP contribution in [0.15, 0.2) is 78.9 Å². The number of nitrogens with one attached hydrogen (secondary N) is 2. The normalized spacial score (nSPS) is 10.5. The third-order valence-corrected chi connectivity index (χ3v) is 4.79. The number of ether oxygens (including phenoxy) is 3. The molecule has 0 radical (unpaired) electrons. The largest absolute Gasteiger partial charge is 0.494 e. The van der Waals surface area contributed by atoms with Crippen molar-refractivity contribution >= 4 is 17.3 Å². The predicted molar refractivity (Wildman–Crippen MR) is 132 cm³/mol. The monoisotopic (exact) mass is 448 g/mol. The zero-order chi connectivity index (χ0) is 23.3. The van der Waals surface area contributed by atoms with Crippen LogP contribution in [0.3, 0.4) is 0 Å². The van der Waals surface area contributed by atoms with Crippen LogP contribution in [0.4, 0.5) is 11.4 Å². The molecule has 0 heterocycles. The summed E-state index contributed by atoms with van der Waals surface area (Å²) < 4.78 is 17.2. The van der Waals surface area contributed by atoms with Crippen molar-refractivity contribution in [1.82, 2.24) is 0 Å². The SMILES string of the molecule is CC(C)CCOc1ccc(NCC(=O)Nc2ccccc2OCCOc2ccccc2)cc1. The highest BCUT2D eigenvalue weighted by Crippen LogP contribution is 2.24. The van der Waals surface area contributed by atoms with Crippen LogP contribution in [-0.4, -0.2) is 32.3 Å². The van der Waals surface area contributed by atoms with Crippen LogP contribution in [0.5, 0.6) is 17.2 Å². The average Bonchev–Trinajstić information content (AvgIpc) is 2.83. The molecule has 6 nitrogen and oxygen atoms in total. The third-order valence-electron chi connectivity index (χ3n) is 4.79. The summed E-state index contributed by atoms with van der Waals surface area (Å²) in [6, 6.07) is 24.6. The third kappa shape index (κ3) is 8.77. The van der Waals surface area contributed by atoms with E-state index in [1.165, 1.54) is 0 Å². The summed E-state index contributed by atoms with van der Waals surface area (Å²) in [5, 5.41) is 6.03. The van der Waals surface area contributed by atoms with Gasteiger partial charge in [-0.05, 0) is 60.9 Å². The van der Waals surface area contributed by atoms with Gasteiger partial charge < -0.3 is 24.8 Å². The molecule has 0 aliphatic heterocycles. The summed E-state index contributed by atoms with van der Waals surface area (Å²) in [5.74, 6) is 2.67. The fraction of sp³-hybridized carbons (Fsp3) is 0.296. The van der Waals surface area contributed by atoms with Crippen molar-refractivity contribution in [3.05, 3.63) is 78.9 Å². The fourth-order valence-electron chi connectivity index (χ4n) is 2.98.